The maximum Gasteiger partial charge on any atom is 0.242 e. The second kappa shape index (κ2) is 10.8. The van der Waals surface area contributed by atoms with E-state index in [9.17, 15) is 14.0 Å². The van der Waals surface area contributed by atoms with Crippen molar-refractivity contribution in [3.05, 3.63) is 52.0 Å². The molecular formula is C24H31FN2O3S. The Kier molecular flexibility index (Phi) is 8.07. The van der Waals surface area contributed by atoms with E-state index in [1.807, 2.05) is 23.3 Å². The normalized spacial score (nSPS) is 16.5. The molecule has 0 saturated heterocycles. The van der Waals surface area contributed by atoms with Crippen molar-refractivity contribution in [3.63, 3.8) is 0 Å². The van der Waals surface area contributed by atoms with Gasteiger partial charge in [0.25, 0.3) is 0 Å². The number of carbonyl (C=O) groups excluding carboxylic acids is 2. The lowest BCUT2D eigenvalue weighted by atomic mass is 10.00. The molecule has 5 nitrogen and oxygen atoms in total. The zero-order valence-electron chi connectivity index (χ0n) is 18.5. The van der Waals surface area contributed by atoms with Gasteiger partial charge in [-0.3, -0.25) is 9.59 Å². The van der Waals surface area contributed by atoms with Crippen LogP contribution in [0.3, 0.4) is 0 Å². The molecule has 2 atom stereocenters. The summed E-state index contributed by atoms with van der Waals surface area (Å²) < 4.78 is 19.1. The van der Waals surface area contributed by atoms with E-state index in [0.29, 0.717) is 31.2 Å². The first-order chi connectivity index (χ1) is 14.9. The molecule has 7 heteroatoms. The zero-order chi connectivity index (χ0) is 22.4. The molecule has 0 fully saturated rings. The van der Waals surface area contributed by atoms with Crippen LogP contribution in [-0.2, 0) is 16.0 Å². The highest BCUT2D eigenvalue weighted by Crippen LogP contribution is 2.34. The average molecular weight is 447 g/mol. The Morgan fingerprint density at radius 3 is 2.68 bits per heavy atom. The molecule has 0 saturated carbocycles. The summed E-state index contributed by atoms with van der Waals surface area (Å²) in [5.74, 6) is 0.529. The van der Waals surface area contributed by atoms with E-state index in [1.165, 1.54) is 17.0 Å². The van der Waals surface area contributed by atoms with Gasteiger partial charge in [-0.2, -0.15) is 0 Å². The SMILES string of the molecule is CCC(=O)N(CC(=O)N1CCc2sccc2C1COc1ccc(F)cc1)CC(C)CC. The molecule has 0 bridgehead atoms. The first-order valence-electron chi connectivity index (χ1n) is 10.9. The number of thiophene rings is 1. The summed E-state index contributed by atoms with van der Waals surface area (Å²) in [7, 11) is 0. The minimum Gasteiger partial charge on any atom is -0.491 e. The van der Waals surface area contributed by atoms with Crippen molar-refractivity contribution in [3.8, 4) is 5.75 Å². The number of hydrogen-bond acceptors (Lipinski definition) is 4. The fourth-order valence-corrected chi connectivity index (χ4v) is 4.75. The van der Waals surface area contributed by atoms with Gasteiger partial charge >= 0.3 is 0 Å². The Balaban J connectivity index is 1.75. The molecule has 1 aliphatic rings. The summed E-state index contributed by atoms with van der Waals surface area (Å²) in [5, 5.41) is 2.04. The van der Waals surface area contributed by atoms with Crippen LogP contribution >= 0.6 is 11.3 Å². The number of hydrogen-bond donors (Lipinski definition) is 0. The molecule has 1 aliphatic heterocycles. The quantitative estimate of drug-likeness (QED) is 0.562. The van der Waals surface area contributed by atoms with E-state index < -0.39 is 0 Å². The molecule has 1 aromatic heterocycles. The van der Waals surface area contributed by atoms with Gasteiger partial charge in [0.1, 0.15) is 18.2 Å². The van der Waals surface area contributed by atoms with Gasteiger partial charge in [0.2, 0.25) is 11.8 Å². The van der Waals surface area contributed by atoms with Gasteiger partial charge in [-0.1, -0.05) is 27.2 Å². The highest BCUT2D eigenvalue weighted by molar-refractivity contribution is 7.10. The number of amides is 2. The summed E-state index contributed by atoms with van der Waals surface area (Å²) in [6, 6.07) is 7.72. The lowest BCUT2D eigenvalue weighted by molar-refractivity contribution is -0.143. The van der Waals surface area contributed by atoms with Gasteiger partial charge in [-0.25, -0.2) is 4.39 Å². The van der Waals surface area contributed by atoms with Crippen LogP contribution in [0, 0.1) is 11.7 Å². The summed E-state index contributed by atoms with van der Waals surface area (Å²) in [5.41, 5.74) is 1.10. The summed E-state index contributed by atoms with van der Waals surface area (Å²) >= 11 is 1.69. The standard InChI is InChI=1S/C24H31FN2O3S/c1-4-17(3)14-26(23(28)5-2)15-24(29)27-12-10-22-20(11-13-31-22)21(27)16-30-19-8-6-18(25)7-9-19/h6-9,11,13,17,21H,4-5,10,12,14-16H2,1-3H3. The topological polar surface area (TPSA) is 49.9 Å². The van der Waals surface area contributed by atoms with Crippen LogP contribution in [0.5, 0.6) is 5.75 Å². The van der Waals surface area contributed by atoms with E-state index in [2.05, 4.69) is 13.8 Å². The molecule has 2 unspecified atom stereocenters. The Hall–Kier alpha value is -2.41. The molecule has 2 amide bonds. The Labute approximate surface area is 187 Å². The van der Waals surface area contributed by atoms with Crippen molar-refractivity contribution in [2.45, 2.75) is 46.1 Å². The van der Waals surface area contributed by atoms with Crippen LogP contribution in [-0.4, -0.2) is 47.9 Å². The second-order valence-electron chi connectivity index (χ2n) is 8.06. The Morgan fingerprint density at radius 2 is 2.00 bits per heavy atom. The van der Waals surface area contributed by atoms with E-state index in [1.54, 1.807) is 28.4 Å². The Bertz CT molecular complexity index is 883. The first-order valence-corrected chi connectivity index (χ1v) is 11.8. The molecule has 2 aromatic rings. The zero-order valence-corrected chi connectivity index (χ0v) is 19.3. The van der Waals surface area contributed by atoms with E-state index >= 15 is 0 Å². The lowest BCUT2D eigenvalue weighted by Crippen LogP contribution is -2.48. The largest absolute Gasteiger partial charge is 0.491 e. The predicted octanol–water partition coefficient (Wildman–Crippen LogP) is 4.68. The maximum absolute atomic E-state index is 13.3. The molecule has 0 spiro atoms. The van der Waals surface area contributed by atoms with Gasteiger partial charge < -0.3 is 14.5 Å². The number of ether oxygens (including phenoxy) is 1. The number of carbonyl (C=O) groups is 2. The molecule has 0 aliphatic carbocycles. The smallest absolute Gasteiger partial charge is 0.242 e. The van der Waals surface area contributed by atoms with E-state index in [-0.39, 0.29) is 36.8 Å². The minimum atomic E-state index is -0.316. The number of benzene rings is 1. The van der Waals surface area contributed by atoms with Crippen LogP contribution in [0.25, 0.3) is 0 Å². The van der Waals surface area contributed by atoms with Gasteiger partial charge in [-0.05, 0) is 53.6 Å². The fraction of sp³-hybridized carbons (Fsp3) is 0.500. The Morgan fingerprint density at radius 1 is 1.26 bits per heavy atom. The number of halogens is 1. The maximum atomic E-state index is 13.3. The van der Waals surface area contributed by atoms with Crippen molar-refractivity contribution in [1.29, 1.82) is 0 Å². The minimum absolute atomic E-state index is 0.000920. The highest BCUT2D eigenvalue weighted by Gasteiger charge is 2.33. The summed E-state index contributed by atoms with van der Waals surface area (Å²) in [4.78, 5) is 30.6. The van der Waals surface area contributed by atoms with Gasteiger partial charge in [0.15, 0.2) is 0 Å². The second-order valence-corrected chi connectivity index (χ2v) is 9.06. The van der Waals surface area contributed by atoms with Crippen molar-refractivity contribution in [2.24, 2.45) is 5.92 Å². The van der Waals surface area contributed by atoms with Crippen LogP contribution in [0.2, 0.25) is 0 Å². The van der Waals surface area contributed by atoms with Gasteiger partial charge in [0.05, 0.1) is 12.6 Å². The number of nitrogens with zero attached hydrogens (tertiary/aromatic N) is 2. The van der Waals surface area contributed by atoms with E-state index in [4.69, 9.17) is 4.74 Å². The summed E-state index contributed by atoms with van der Waals surface area (Å²) in [6.07, 6.45) is 2.15. The van der Waals surface area contributed by atoms with Crippen LogP contribution in [0.1, 0.15) is 50.1 Å². The molecule has 1 aromatic carbocycles. The first kappa shape index (κ1) is 23.3. The molecule has 0 N–H and O–H groups in total. The molecule has 0 radical (unpaired) electrons. The van der Waals surface area contributed by atoms with Crippen LogP contribution < -0.4 is 4.74 Å². The van der Waals surface area contributed by atoms with Crippen molar-refractivity contribution < 1.29 is 18.7 Å². The van der Waals surface area contributed by atoms with Crippen LogP contribution in [0.15, 0.2) is 35.7 Å². The molecular weight excluding hydrogens is 415 g/mol. The molecule has 2 heterocycles. The average Bonchev–Trinajstić information content (AvgIpc) is 3.26. The van der Waals surface area contributed by atoms with Crippen molar-refractivity contribution >= 4 is 23.2 Å². The molecule has 31 heavy (non-hydrogen) atoms. The number of fused-ring (bicyclic) bond motifs is 1. The fourth-order valence-electron chi connectivity index (χ4n) is 3.82. The third-order valence-electron chi connectivity index (χ3n) is 5.85. The highest BCUT2D eigenvalue weighted by atomic mass is 32.1. The molecule has 3 rings (SSSR count). The lowest BCUT2D eigenvalue weighted by Gasteiger charge is -2.37. The van der Waals surface area contributed by atoms with Crippen molar-refractivity contribution in [1.82, 2.24) is 9.80 Å². The van der Waals surface area contributed by atoms with Crippen LogP contribution in [0.4, 0.5) is 4.39 Å². The molecule has 168 valence electrons. The predicted molar refractivity (Wildman–Crippen MR) is 121 cm³/mol. The third-order valence-corrected chi connectivity index (χ3v) is 6.84. The summed E-state index contributed by atoms with van der Waals surface area (Å²) in [6.45, 7) is 7.57. The monoisotopic (exact) mass is 446 g/mol. The third kappa shape index (κ3) is 5.85. The van der Waals surface area contributed by atoms with Gasteiger partial charge in [0, 0.05) is 24.4 Å². The van der Waals surface area contributed by atoms with Crippen molar-refractivity contribution in [2.75, 3.05) is 26.2 Å². The number of rotatable bonds is 9. The van der Waals surface area contributed by atoms with Gasteiger partial charge in [-0.15, -0.1) is 11.3 Å². The van der Waals surface area contributed by atoms with E-state index in [0.717, 1.165) is 18.4 Å².